The van der Waals surface area contributed by atoms with Gasteiger partial charge in [-0.1, -0.05) is 0 Å². The molecule has 1 aliphatic carbocycles. The molecule has 0 amide bonds. The van der Waals surface area contributed by atoms with E-state index >= 15 is 0 Å². The Bertz CT molecular complexity index is 231. The monoisotopic (exact) mass is 290 g/mol. The summed E-state index contributed by atoms with van der Waals surface area (Å²) in [5.41, 5.74) is 0. The Morgan fingerprint density at radius 1 is 1.07 bits per heavy atom. The van der Waals surface area contributed by atoms with Crippen molar-refractivity contribution in [1.29, 1.82) is 0 Å². The van der Waals surface area contributed by atoms with Gasteiger partial charge < -0.3 is 0 Å². The van der Waals surface area contributed by atoms with Crippen LogP contribution in [0.3, 0.4) is 0 Å². The molecule has 0 heterocycles. The van der Waals surface area contributed by atoms with Crippen LogP contribution in [0.4, 0.5) is 0 Å². The first-order valence-corrected chi connectivity index (χ1v) is 9.81. The van der Waals surface area contributed by atoms with Gasteiger partial charge in [-0.2, -0.15) is 0 Å². The van der Waals surface area contributed by atoms with Gasteiger partial charge in [0.2, 0.25) is 0 Å². The molecule has 0 saturated heterocycles. The average Bonchev–Trinajstić information content (AvgIpc) is 2.72. The zero-order valence-electron chi connectivity index (χ0n) is 9.79. The summed E-state index contributed by atoms with van der Waals surface area (Å²) < 4.78 is 18.8. The van der Waals surface area contributed by atoms with Gasteiger partial charge in [-0.15, -0.1) is 0 Å². The third-order valence-electron chi connectivity index (χ3n) is 2.17. The van der Waals surface area contributed by atoms with Crippen molar-refractivity contribution >= 4 is 0 Å². The number of rotatable bonds is 7. The van der Waals surface area contributed by atoms with Crippen LogP contribution in [0.1, 0.15) is 27.2 Å². The summed E-state index contributed by atoms with van der Waals surface area (Å²) in [6.45, 7) is 7.96. The maximum absolute atomic E-state index is 5.85. The molecule has 15 heavy (non-hydrogen) atoms. The van der Waals surface area contributed by atoms with Crippen molar-refractivity contribution < 1.29 is 30.0 Å². The predicted octanol–water partition coefficient (Wildman–Crippen LogP) is 2.84. The van der Waals surface area contributed by atoms with Crippen LogP contribution in [0.5, 0.6) is 0 Å². The average molecular weight is 292 g/mol. The summed E-state index contributed by atoms with van der Waals surface area (Å²) in [4.78, 5) is 0. The molecule has 1 rings (SSSR count). The third kappa shape index (κ3) is 3.35. The van der Waals surface area contributed by atoms with Crippen LogP contribution in [-0.4, -0.2) is 19.8 Å². The van der Waals surface area contributed by atoms with Gasteiger partial charge in [0.05, 0.1) is 0 Å². The Morgan fingerprint density at radius 3 is 1.93 bits per heavy atom. The molecule has 0 aromatic rings. The molecule has 3 nitrogen and oxygen atoms in total. The Morgan fingerprint density at radius 2 is 1.60 bits per heavy atom. The van der Waals surface area contributed by atoms with Gasteiger partial charge in [0.15, 0.2) is 0 Å². The zero-order valence-corrected chi connectivity index (χ0v) is 12.2. The van der Waals surface area contributed by atoms with Crippen molar-refractivity contribution in [3.63, 3.8) is 0 Å². The van der Waals surface area contributed by atoms with Gasteiger partial charge in [-0.3, -0.25) is 0 Å². The molecule has 0 saturated carbocycles. The van der Waals surface area contributed by atoms with Crippen molar-refractivity contribution in [3.8, 4) is 0 Å². The van der Waals surface area contributed by atoms with Crippen LogP contribution in [0.15, 0.2) is 21.5 Å². The molecule has 0 unspecified atom stereocenters. The standard InChI is InChI=1S/C5H5.3C2H5O.Zr/c1-2-4-5-3-1;3*1-2-3;/h1-3H,4H2;3*2H2,1H3;/q;3*-1;+3. The fourth-order valence-electron chi connectivity index (χ4n) is 1.65. The Balaban J connectivity index is 2.79. The van der Waals surface area contributed by atoms with E-state index in [0.29, 0.717) is 19.8 Å². The van der Waals surface area contributed by atoms with Gasteiger partial charge in [0.25, 0.3) is 0 Å². The summed E-state index contributed by atoms with van der Waals surface area (Å²) in [6.07, 6.45) is 7.20. The van der Waals surface area contributed by atoms with Crippen molar-refractivity contribution in [2.45, 2.75) is 27.2 Å². The molecule has 0 radical (unpaired) electrons. The second-order valence-electron chi connectivity index (χ2n) is 3.18. The van der Waals surface area contributed by atoms with Crippen LogP contribution in [0.2, 0.25) is 0 Å². The SMILES string of the molecule is CC[O][Zr]([O]CC)([O]CC)[C]1=CC=CC1. The third-order valence-corrected chi connectivity index (χ3v) is 9.94. The van der Waals surface area contributed by atoms with E-state index in [1.165, 1.54) is 3.28 Å². The number of hydrogen-bond donors (Lipinski definition) is 0. The van der Waals surface area contributed by atoms with E-state index in [9.17, 15) is 0 Å². The summed E-state index contributed by atoms with van der Waals surface area (Å²) in [6, 6.07) is 0. The van der Waals surface area contributed by atoms with Crippen LogP contribution < -0.4 is 0 Å². The van der Waals surface area contributed by atoms with Crippen LogP contribution in [0.25, 0.3) is 0 Å². The number of hydrogen-bond acceptors (Lipinski definition) is 3. The molecule has 86 valence electrons. The molecular formula is C11H20O3Zr. The maximum atomic E-state index is 5.85. The molecule has 0 N–H and O–H groups in total. The molecule has 0 aliphatic heterocycles. The molecule has 0 aromatic carbocycles. The van der Waals surface area contributed by atoms with E-state index in [2.05, 4.69) is 18.2 Å². The first-order valence-electron chi connectivity index (χ1n) is 5.57. The fraction of sp³-hybridized carbons (Fsp3) is 0.636. The van der Waals surface area contributed by atoms with E-state index in [1.54, 1.807) is 0 Å². The fourth-order valence-corrected chi connectivity index (χ4v) is 8.07. The Labute approximate surface area is 98.4 Å². The van der Waals surface area contributed by atoms with E-state index in [0.717, 1.165) is 6.42 Å². The van der Waals surface area contributed by atoms with Crippen molar-refractivity contribution in [1.82, 2.24) is 0 Å². The first kappa shape index (κ1) is 13.3. The summed E-state index contributed by atoms with van der Waals surface area (Å²) in [7, 11) is 0. The van der Waals surface area contributed by atoms with Gasteiger partial charge in [0.1, 0.15) is 0 Å². The molecule has 4 heteroatoms. The quantitative estimate of drug-likeness (QED) is 0.722. The minimum atomic E-state index is -3.38. The van der Waals surface area contributed by atoms with E-state index in [4.69, 9.17) is 8.44 Å². The van der Waals surface area contributed by atoms with E-state index in [-0.39, 0.29) is 0 Å². The van der Waals surface area contributed by atoms with Crippen LogP contribution in [-0.2, 0) is 30.0 Å². The summed E-state index contributed by atoms with van der Waals surface area (Å²) >= 11 is -3.38. The minimum absolute atomic E-state index is 0.660. The summed E-state index contributed by atoms with van der Waals surface area (Å²) in [5, 5.41) is 0. The zero-order chi connectivity index (χ0) is 11.1. The molecule has 0 aromatic heterocycles. The normalized spacial score (nSPS) is 15.8. The Hall–Kier alpha value is 0.243. The Kier molecular flexibility index (Phi) is 5.99. The van der Waals surface area contributed by atoms with Gasteiger partial charge in [0, 0.05) is 0 Å². The molecule has 0 spiro atoms. The van der Waals surface area contributed by atoms with Crippen molar-refractivity contribution in [2.24, 2.45) is 0 Å². The molecule has 0 bridgehead atoms. The molecule has 0 atom stereocenters. The van der Waals surface area contributed by atoms with Gasteiger partial charge >= 0.3 is 98.5 Å². The second-order valence-corrected chi connectivity index (χ2v) is 9.62. The van der Waals surface area contributed by atoms with Crippen LogP contribution in [0, 0.1) is 0 Å². The molecular weight excluding hydrogens is 271 g/mol. The molecule has 1 aliphatic rings. The predicted molar refractivity (Wildman–Crippen MR) is 56.7 cm³/mol. The van der Waals surface area contributed by atoms with Crippen molar-refractivity contribution in [2.75, 3.05) is 19.8 Å². The van der Waals surface area contributed by atoms with E-state index in [1.807, 2.05) is 20.8 Å². The number of allylic oxidation sites excluding steroid dienone is 4. The van der Waals surface area contributed by atoms with E-state index < -0.39 is 21.6 Å². The van der Waals surface area contributed by atoms with Gasteiger partial charge in [-0.25, -0.2) is 0 Å². The molecule has 0 fully saturated rings. The second kappa shape index (κ2) is 6.75. The van der Waals surface area contributed by atoms with Crippen molar-refractivity contribution in [3.05, 3.63) is 21.5 Å². The van der Waals surface area contributed by atoms with Crippen LogP contribution >= 0.6 is 0 Å². The van der Waals surface area contributed by atoms with Gasteiger partial charge in [-0.05, 0) is 0 Å². The first-order chi connectivity index (χ1) is 7.29. The summed E-state index contributed by atoms with van der Waals surface area (Å²) in [5.74, 6) is 0. The topological polar surface area (TPSA) is 27.7 Å².